The lowest BCUT2D eigenvalue weighted by molar-refractivity contribution is -0.136. The van der Waals surface area contributed by atoms with Crippen molar-refractivity contribution in [1.29, 1.82) is 0 Å². The first-order valence-electron chi connectivity index (χ1n) is 11.1. The van der Waals surface area contributed by atoms with E-state index in [0.29, 0.717) is 17.9 Å². The van der Waals surface area contributed by atoms with Gasteiger partial charge in [0.15, 0.2) is 0 Å². The van der Waals surface area contributed by atoms with Crippen LogP contribution in [0.25, 0.3) is 0 Å². The van der Waals surface area contributed by atoms with Crippen LogP contribution >= 0.6 is 0 Å². The van der Waals surface area contributed by atoms with E-state index >= 15 is 0 Å². The molecular weight excluding hydrogens is 332 g/mol. The molecule has 5 aliphatic rings. The number of benzene rings is 1. The normalized spacial score (nSPS) is 45.2. The van der Waals surface area contributed by atoms with Crippen molar-refractivity contribution < 1.29 is 4.79 Å². The molecule has 6 rings (SSSR count). The van der Waals surface area contributed by atoms with Gasteiger partial charge in [0.2, 0.25) is 5.91 Å². The molecule has 4 bridgehead atoms. The van der Waals surface area contributed by atoms with Gasteiger partial charge in [-0.25, -0.2) is 0 Å². The van der Waals surface area contributed by atoms with Gasteiger partial charge in [0.25, 0.3) is 0 Å². The van der Waals surface area contributed by atoms with Gasteiger partial charge in [-0.05, 0) is 92.6 Å². The second-order valence-electron chi connectivity index (χ2n) is 10.5. The van der Waals surface area contributed by atoms with E-state index in [1.54, 1.807) is 0 Å². The molecule has 5 fully saturated rings. The topological polar surface area (TPSA) is 55.1 Å². The summed E-state index contributed by atoms with van der Waals surface area (Å²) in [6.07, 6.45) is 10.4. The molecule has 5 saturated carbocycles. The summed E-state index contributed by atoms with van der Waals surface area (Å²) in [6, 6.07) is 11.4. The SMILES string of the molecule is C[C@]12CC3CC1(C(=O)NC1CCC(CN)CC1)C[C@@](c1ccccc1)(C3)C2. The number of rotatable bonds is 4. The second kappa shape index (κ2) is 6.07. The first-order chi connectivity index (χ1) is 13.0. The molecule has 5 aliphatic carbocycles. The van der Waals surface area contributed by atoms with Gasteiger partial charge in [-0.2, -0.15) is 0 Å². The van der Waals surface area contributed by atoms with Gasteiger partial charge in [0.1, 0.15) is 0 Å². The highest BCUT2D eigenvalue weighted by molar-refractivity contribution is 5.85. The predicted molar refractivity (Wildman–Crippen MR) is 108 cm³/mol. The monoisotopic (exact) mass is 366 g/mol. The summed E-state index contributed by atoms with van der Waals surface area (Å²) >= 11 is 0. The minimum Gasteiger partial charge on any atom is -0.353 e. The molecule has 3 nitrogen and oxygen atoms in total. The smallest absolute Gasteiger partial charge is 0.227 e. The number of carbonyl (C=O) groups excluding carboxylic acids is 1. The van der Waals surface area contributed by atoms with E-state index in [9.17, 15) is 4.79 Å². The Kier molecular flexibility index (Phi) is 3.99. The zero-order chi connectivity index (χ0) is 18.7. The van der Waals surface area contributed by atoms with Gasteiger partial charge in [0, 0.05) is 6.04 Å². The summed E-state index contributed by atoms with van der Waals surface area (Å²) in [5.41, 5.74) is 7.57. The summed E-state index contributed by atoms with van der Waals surface area (Å²) in [5, 5.41) is 3.52. The minimum absolute atomic E-state index is 0.142. The van der Waals surface area contributed by atoms with Crippen molar-refractivity contribution in [2.45, 2.75) is 76.2 Å². The number of nitrogens with one attached hydrogen (secondary N) is 1. The Balaban J connectivity index is 1.39. The summed E-state index contributed by atoms with van der Waals surface area (Å²) < 4.78 is 0. The van der Waals surface area contributed by atoms with Crippen LogP contribution in [0.5, 0.6) is 0 Å². The molecular formula is C24H34N2O. The molecule has 3 heteroatoms. The number of nitrogens with two attached hydrogens (primary N) is 1. The van der Waals surface area contributed by atoms with E-state index < -0.39 is 0 Å². The van der Waals surface area contributed by atoms with E-state index in [4.69, 9.17) is 5.73 Å². The molecule has 4 atom stereocenters. The summed E-state index contributed by atoms with van der Waals surface area (Å²) in [6.45, 7) is 3.21. The number of hydrogen-bond donors (Lipinski definition) is 2. The largest absolute Gasteiger partial charge is 0.353 e. The van der Waals surface area contributed by atoms with Crippen LogP contribution in [0, 0.1) is 22.7 Å². The van der Waals surface area contributed by atoms with Gasteiger partial charge >= 0.3 is 0 Å². The molecule has 0 aliphatic heterocycles. The van der Waals surface area contributed by atoms with Crippen molar-refractivity contribution in [3.63, 3.8) is 0 Å². The molecule has 0 spiro atoms. The van der Waals surface area contributed by atoms with Gasteiger partial charge in [-0.15, -0.1) is 0 Å². The lowest BCUT2D eigenvalue weighted by atomic mass is 9.63. The molecule has 0 saturated heterocycles. The van der Waals surface area contributed by atoms with Crippen molar-refractivity contribution in [1.82, 2.24) is 5.32 Å². The molecule has 1 aromatic rings. The van der Waals surface area contributed by atoms with Crippen LogP contribution in [-0.4, -0.2) is 18.5 Å². The highest BCUT2D eigenvalue weighted by Crippen LogP contribution is 2.76. The summed E-state index contributed by atoms with van der Waals surface area (Å²) in [5.74, 6) is 1.76. The number of amides is 1. The maximum atomic E-state index is 13.7. The maximum absolute atomic E-state index is 13.7. The second-order valence-corrected chi connectivity index (χ2v) is 10.5. The lowest BCUT2D eigenvalue weighted by Gasteiger charge is -2.41. The number of carbonyl (C=O) groups is 1. The zero-order valence-corrected chi connectivity index (χ0v) is 16.7. The Hall–Kier alpha value is -1.35. The highest BCUT2D eigenvalue weighted by atomic mass is 16.2. The quantitative estimate of drug-likeness (QED) is 0.841. The van der Waals surface area contributed by atoms with Gasteiger partial charge in [-0.1, -0.05) is 37.3 Å². The van der Waals surface area contributed by atoms with Gasteiger partial charge < -0.3 is 11.1 Å². The van der Waals surface area contributed by atoms with Gasteiger partial charge in [-0.3, -0.25) is 4.79 Å². The average molecular weight is 367 g/mol. The van der Waals surface area contributed by atoms with Crippen LogP contribution in [0.2, 0.25) is 0 Å². The van der Waals surface area contributed by atoms with E-state index in [0.717, 1.165) is 38.1 Å². The van der Waals surface area contributed by atoms with Crippen LogP contribution in [0.15, 0.2) is 30.3 Å². The first kappa shape index (κ1) is 17.7. The van der Waals surface area contributed by atoms with Crippen LogP contribution in [0.4, 0.5) is 0 Å². The van der Waals surface area contributed by atoms with E-state index in [1.165, 1.54) is 37.7 Å². The van der Waals surface area contributed by atoms with E-state index in [1.807, 2.05) is 0 Å². The molecule has 0 radical (unpaired) electrons. The fourth-order valence-corrected chi connectivity index (χ4v) is 7.83. The minimum atomic E-state index is -0.142. The standard InChI is InChI=1S/C24H34N2O/c1-22-11-18-12-23(15-22,19-5-3-2-4-6-19)16-24(22,13-18)21(27)26-20-9-7-17(14-25)8-10-20/h2-6,17-18,20H,7-16,25H2,1H3,(H,26,27)/t17?,18?,20?,22-,23-,24?/m1/s1. The lowest BCUT2D eigenvalue weighted by Crippen LogP contribution is -2.50. The molecule has 2 unspecified atom stereocenters. The first-order valence-corrected chi connectivity index (χ1v) is 11.1. The predicted octanol–water partition coefficient (Wildman–Crippen LogP) is 4.16. The molecule has 0 heterocycles. The van der Waals surface area contributed by atoms with Crippen molar-refractivity contribution in [2.75, 3.05) is 6.54 Å². The molecule has 3 N–H and O–H groups in total. The average Bonchev–Trinajstić information content (AvgIpc) is 3.00. The Bertz CT molecular complexity index is 725. The van der Waals surface area contributed by atoms with Crippen molar-refractivity contribution >= 4 is 5.91 Å². The van der Waals surface area contributed by atoms with E-state index in [-0.39, 0.29) is 16.2 Å². The summed E-state index contributed by atoms with van der Waals surface area (Å²) in [7, 11) is 0. The van der Waals surface area contributed by atoms with Crippen molar-refractivity contribution in [3.8, 4) is 0 Å². The fourth-order valence-electron chi connectivity index (χ4n) is 7.83. The third-order valence-corrected chi connectivity index (χ3v) is 8.92. The van der Waals surface area contributed by atoms with Crippen LogP contribution < -0.4 is 11.1 Å². The molecule has 27 heavy (non-hydrogen) atoms. The molecule has 1 aromatic carbocycles. The Labute approximate surface area is 163 Å². The van der Waals surface area contributed by atoms with Crippen molar-refractivity contribution in [2.24, 2.45) is 28.4 Å². The Morgan fingerprint density at radius 3 is 2.52 bits per heavy atom. The summed E-state index contributed by atoms with van der Waals surface area (Å²) in [4.78, 5) is 13.7. The van der Waals surface area contributed by atoms with Crippen molar-refractivity contribution in [3.05, 3.63) is 35.9 Å². The molecule has 1 amide bonds. The Morgan fingerprint density at radius 2 is 1.81 bits per heavy atom. The third kappa shape index (κ3) is 2.53. The molecule has 0 aromatic heterocycles. The maximum Gasteiger partial charge on any atom is 0.227 e. The Morgan fingerprint density at radius 1 is 1.07 bits per heavy atom. The molecule has 146 valence electrons. The van der Waals surface area contributed by atoms with Crippen LogP contribution in [-0.2, 0) is 10.2 Å². The number of hydrogen-bond acceptors (Lipinski definition) is 2. The fraction of sp³-hybridized carbons (Fsp3) is 0.708. The highest BCUT2D eigenvalue weighted by Gasteiger charge is 2.72. The van der Waals surface area contributed by atoms with Gasteiger partial charge in [0.05, 0.1) is 5.41 Å². The zero-order valence-electron chi connectivity index (χ0n) is 16.7. The van der Waals surface area contributed by atoms with Crippen LogP contribution in [0.3, 0.4) is 0 Å². The van der Waals surface area contributed by atoms with Crippen LogP contribution in [0.1, 0.15) is 70.3 Å². The van der Waals surface area contributed by atoms with E-state index in [2.05, 4.69) is 42.6 Å². The third-order valence-electron chi connectivity index (χ3n) is 8.92.